The molecule has 1 aromatic rings. The highest BCUT2D eigenvalue weighted by molar-refractivity contribution is 5.14. The molecule has 6 atom stereocenters. The van der Waals surface area contributed by atoms with Crippen molar-refractivity contribution in [1.29, 1.82) is 0 Å². The van der Waals surface area contributed by atoms with Gasteiger partial charge in [-0.15, -0.1) is 6.58 Å². The quantitative estimate of drug-likeness (QED) is 0.726. The van der Waals surface area contributed by atoms with Crippen molar-refractivity contribution in [1.82, 2.24) is 0 Å². The Morgan fingerprint density at radius 3 is 2.18 bits per heavy atom. The molecule has 28 heavy (non-hydrogen) atoms. The number of aliphatic hydroxyl groups excluding tert-OH is 2. The Kier molecular flexibility index (Phi) is 6.16. The lowest BCUT2D eigenvalue weighted by atomic mass is 9.84. The summed E-state index contributed by atoms with van der Waals surface area (Å²) in [5.74, 6) is -0.665. The highest BCUT2D eigenvalue weighted by Gasteiger charge is 2.61. The van der Waals surface area contributed by atoms with Gasteiger partial charge in [0.15, 0.2) is 5.79 Å². The maximum Gasteiger partial charge on any atom is 0.169 e. The minimum absolute atomic E-state index is 0.267. The summed E-state index contributed by atoms with van der Waals surface area (Å²) < 4.78 is 24.6. The molecular formula is C22H30O6. The van der Waals surface area contributed by atoms with E-state index in [-0.39, 0.29) is 6.61 Å². The van der Waals surface area contributed by atoms with Crippen LogP contribution in [0.25, 0.3) is 0 Å². The minimum Gasteiger partial charge on any atom is -0.387 e. The fraction of sp³-hybridized carbons (Fsp3) is 0.636. The number of hydrogen-bond acceptors (Lipinski definition) is 6. The molecule has 2 aliphatic carbocycles. The van der Waals surface area contributed by atoms with E-state index in [9.17, 15) is 10.2 Å². The van der Waals surface area contributed by atoms with Crippen LogP contribution in [0.5, 0.6) is 0 Å². The Hall–Kier alpha value is -1.28. The number of fused-ring (bicyclic) bond motifs is 1. The highest BCUT2D eigenvalue weighted by Crippen LogP contribution is 2.46. The first-order valence-corrected chi connectivity index (χ1v) is 10.2. The van der Waals surface area contributed by atoms with E-state index in [2.05, 4.69) is 6.58 Å². The van der Waals surface area contributed by atoms with Crippen molar-refractivity contribution < 1.29 is 29.2 Å². The van der Waals surface area contributed by atoms with Crippen molar-refractivity contribution in [3.8, 4) is 0 Å². The number of hydrogen-bond donors (Lipinski definition) is 2. The number of aliphatic hydroxyl groups is 2. The second kappa shape index (κ2) is 8.61. The van der Waals surface area contributed by atoms with Crippen LogP contribution < -0.4 is 0 Å². The van der Waals surface area contributed by atoms with Gasteiger partial charge in [-0.05, 0) is 18.4 Å². The van der Waals surface area contributed by atoms with Gasteiger partial charge in [-0.2, -0.15) is 0 Å². The van der Waals surface area contributed by atoms with Crippen molar-refractivity contribution in [2.75, 3.05) is 6.61 Å². The van der Waals surface area contributed by atoms with E-state index in [1.54, 1.807) is 6.08 Å². The smallest absolute Gasteiger partial charge is 0.169 e. The van der Waals surface area contributed by atoms with Gasteiger partial charge >= 0.3 is 0 Å². The minimum atomic E-state index is -1.12. The van der Waals surface area contributed by atoms with Crippen LogP contribution >= 0.6 is 0 Å². The van der Waals surface area contributed by atoms with Crippen LogP contribution in [0.3, 0.4) is 0 Å². The maximum absolute atomic E-state index is 10.8. The van der Waals surface area contributed by atoms with Gasteiger partial charge in [0.25, 0.3) is 0 Å². The third-order valence-electron chi connectivity index (χ3n) is 6.00. The third kappa shape index (κ3) is 3.90. The van der Waals surface area contributed by atoms with E-state index >= 15 is 0 Å². The summed E-state index contributed by atoms with van der Waals surface area (Å²) in [6.45, 7) is 4.26. The first kappa shape index (κ1) is 20.0. The molecule has 4 rings (SSSR count). The average Bonchev–Trinajstić information content (AvgIpc) is 3.07. The molecule has 2 N–H and O–H groups in total. The van der Waals surface area contributed by atoms with Crippen LogP contribution in [-0.4, -0.2) is 59.2 Å². The van der Waals surface area contributed by atoms with Gasteiger partial charge in [-0.25, -0.2) is 0 Å². The number of rotatable bonds is 6. The molecule has 0 bridgehead atoms. The Morgan fingerprint density at radius 2 is 1.57 bits per heavy atom. The highest BCUT2D eigenvalue weighted by atomic mass is 16.8. The van der Waals surface area contributed by atoms with Crippen LogP contribution in [0.2, 0.25) is 0 Å². The summed E-state index contributed by atoms with van der Waals surface area (Å²) in [5.41, 5.74) is 0.997. The molecule has 6 nitrogen and oxygen atoms in total. The molecule has 0 unspecified atom stereocenters. The molecule has 3 aliphatic rings. The molecular weight excluding hydrogens is 360 g/mol. The molecule has 0 aromatic heterocycles. The Bertz CT molecular complexity index is 644. The van der Waals surface area contributed by atoms with Crippen molar-refractivity contribution in [2.24, 2.45) is 0 Å². The lowest BCUT2D eigenvalue weighted by molar-refractivity contribution is -0.219. The van der Waals surface area contributed by atoms with E-state index in [4.69, 9.17) is 18.9 Å². The van der Waals surface area contributed by atoms with Gasteiger partial charge in [-0.1, -0.05) is 42.8 Å². The maximum atomic E-state index is 10.8. The first-order chi connectivity index (χ1) is 13.6. The zero-order valence-corrected chi connectivity index (χ0v) is 16.1. The summed E-state index contributed by atoms with van der Waals surface area (Å²) >= 11 is 0. The van der Waals surface area contributed by atoms with E-state index in [1.807, 2.05) is 30.3 Å². The summed E-state index contributed by atoms with van der Waals surface area (Å²) in [5, 5.41) is 21.5. The predicted molar refractivity (Wildman–Crippen MR) is 103 cm³/mol. The second-order valence-electron chi connectivity index (χ2n) is 7.97. The SMILES string of the molecule is C=CCO[C@@H]1[C@@H](O)[C@H](O)[C@@H](OCc2ccccc2)[C@H]2OC3(CCCCC3)O[C@H]21. The van der Waals surface area contributed by atoms with E-state index in [0.29, 0.717) is 6.61 Å². The molecule has 0 radical (unpaired) electrons. The Balaban J connectivity index is 1.55. The monoisotopic (exact) mass is 390 g/mol. The molecule has 2 saturated carbocycles. The molecule has 1 spiro atoms. The average molecular weight is 390 g/mol. The van der Waals surface area contributed by atoms with Crippen LogP contribution in [0.1, 0.15) is 37.7 Å². The molecule has 3 fully saturated rings. The summed E-state index contributed by atoms with van der Waals surface area (Å²) in [6, 6.07) is 9.76. The molecule has 1 aliphatic heterocycles. The molecule has 1 saturated heterocycles. The zero-order chi connectivity index (χ0) is 19.6. The standard InChI is InChI=1S/C22H30O6/c1-2-13-25-18-16(23)17(24)19(26-14-15-9-5-3-6-10-15)21-20(18)27-22(28-21)11-7-4-8-12-22/h2-3,5-6,9-10,16-21,23-24H,1,4,7-8,11-14H2/t16-,17-,18+,19+,20-,21+/m0/s1. The van der Waals surface area contributed by atoms with Gasteiger partial charge in [-0.3, -0.25) is 0 Å². The van der Waals surface area contributed by atoms with Gasteiger partial charge < -0.3 is 29.2 Å². The van der Waals surface area contributed by atoms with Crippen LogP contribution in [0.4, 0.5) is 0 Å². The fourth-order valence-corrected chi connectivity index (χ4v) is 4.60. The van der Waals surface area contributed by atoms with E-state index < -0.39 is 42.4 Å². The largest absolute Gasteiger partial charge is 0.387 e. The van der Waals surface area contributed by atoms with Crippen molar-refractivity contribution >= 4 is 0 Å². The molecule has 0 amide bonds. The lowest BCUT2D eigenvalue weighted by Gasteiger charge is -2.42. The molecule has 6 heteroatoms. The molecule has 1 heterocycles. The number of ether oxygens (including phenoxy) is 4. The molecule has 154 valence electrons. The van der Waals surface area contributed by atoms with Crippen LogP contribution in [-0.2, 0) is 25.6 Å². The van der Waals surface area contributed by atoms with Crippen LogP contribution in [0.15, 0.2) is 43.0 Å². The van der Waals surface area contributed by atoms with Gasteiger partial charge in [0, 0.05) is 12.8 Å². The van der Waals surface area contributed by atoms with Gasteiger partial charge in [0.1, 0.15) is 36.6 Å². The van der Waals surface area contributed by atoms with Gasteiger partial charge in [0.05, 0.1) is 13.2 Å². The third-order valence-corrected chi connectivity index (χ3v) is 6.00. The van der Waals surface area contributed by atoms with E-state index in [0.717, 1.165) is 31.2 Å². The van der Waals surface area contributed by atoms with Gasteiger partial charge in [0.2, 0.25) is 0 Å². The summed E-state index contributed by atoms with van der Waals surface area (Å²) in [6.07, 6.45) is 1.89. The summed E-state index contributed by atoms with van der Waals surface area (Å²) in [4.78, 5) is 0. The van der Waals surface area contributed by atoms with Crippen molar-refractivity contribution in [2.45, 2.75) is 81.1 Å². The van der Waals surface area contributed by atoms with Crippen LogP contribution in [0, 0.1) is 0 Å². The Morgan fingerprint density at radius 1 is 0.964 bits per heavy atom. The Labute approximate surface area is 166 Å². The summed E-state index contributed by atoms with van der Waals surface area (Å²) in [7, 11) is 0. The fourth-order valence-electron chi connectivity index (χ4n) is 4.60. The first-order valence-electron chi connectivity index (χ1n) is 10.2. The van der Waals surface area contributed by atoms with Crippen molar-refractivity contribution in [3.63, 3.8) is 0 Å². The second-order valence-corrected chi connectivity index (χ2v) is 7.97. The number of benzene rings is 1. The predicted octanol–water partition coefficient (Wildman–Crippen LogP) is 2.32. The van der Waals surface area contributed by atoms with Crippen molar-refractivity contribution in [3.05, 3.63) is 48.6 Å². The topological polar surface area (TPSA) is 77.4 Å². The normalized spacial score (nSPS) is 36.9. The lowest BCUT2D eigenvalue weighted by Crippen LogP contribution is -2.64. The molecule has 1 aromatic carbocycles. The van der Waals surface area contributed by atoms with E-state index in [1.165, 1.54) is 6.42 Å². The zero-order valence-electron chi connectivity index (χ0n) is 16.1.